The van der Waals surface area contributed by atoms with E-state index in [4.69, 9.17) is 14.2 Å². The molecule has 162 valence electrons. The Morgan fingerprint density at radius 1 is 1.06 bits per heavy atom. The number of hydrogen-bond donors (Lipinski definition) is 1. The highest BCUT2D eigenvalue weighted by atomic mass is 32.2. The van der Waals surface area contributed by atoms with E-state index in [1.165, 1.54) is 11.8 Å². The zero-order valence-corrected chi connectivity index (χ0v) is 18.0. The highest BCUT2D eigenvalue weighted by Gasteiger charge is 2.15. The lowest BCUT2D eigenvalue weighted by Crippen LogP contribution is -2.17. The molecule has 1 N–H and O–H groups in total. The molecule has 32 heavy (non-hydrogen) atoms. The molecule has 0 atom stereocenters. The summed E-state index contributed by atoms with van der Waals surface area (Å²) in [6, 6.07) is 16.7. The summed E-state index contributed by atoms with van der Waals surface area (Å²) in [7, 11) is 1.63. The van der Waals surface area contributed by atoms with E-state index in [2.05, 4.69) is 20.6 Å². The van der Waals surface area contributed by atoms with Crippen molar-refractivity contribution in [2.45, 2.75) is 5.16 Å². The van der Waals surface area contributed by atoms with Crippen LogP contribution < -0.4 is 19.5 Å². The number of anilines is 1. The predicted molar refractivity (Wildman–Crippen MR) is 120 cm³/mol. The number of aromatic nitrogens is 4. The van der Waals surface area contributed by atoms with Crippen LogP contribution in [0.1, 0.15) is 0 Å². The minimum atomic E-state index is -0.172. The molecule has 5 rings (SSSR count). The largest absolute Gasteiger partial charge is 0.497 e. The summed E-state index contributed by atoms with van der Waals surface area (Å²) in [5.74, 6) is 2.07. The fourth-order valence-electron chi connectivity index (χ4n) is 3.22. The SMILES string of the molecule is COc1ccc(-c2ccc3nnc(SCC(=O)Nc4ccc5c(c4)OCCO5)n3n2)cc1. The molecule has 0 bridgehead atoms. The van der Waals surface area contributed by atoms with Gasteiger partial charge in [-0.25, -0.2) is 0 Å². The molecule has 10 heteroatoms. The standard InChI is InChI=1S/C22H19N5O4S/c1-29-16-5-2-14(3-6-16)17-7-9-20-24-25-22(27(20)26-17)32-13-21(28)23-15-4-8-18-19(12-15)31-11-10-30-18/h2-9,12H,10-11,13H2,1H3,(H,23,28). The molecule has 1 aliphatic rings. The number of carbonyl (C=O) groups is 1. The first-order valence-electron chi connectivity index (χ1n) is 9.89. The maximum Gasteiger partial charge on any atom is 0.234 e. The second kappa shape index (κ2) is 8.75. The summed E-state index contributed by atoms with van der Waals surface area (Å²) in [5, 5.41) is 16.3. The summed E-state index contributed by atoms with van der Waals surface area (Å²) in [6.07, 6.45) is 0. The fourth-order valence-corrected chi connectivity index (χ4v) is 3.91. The van der Waals surface area contributed by atoms with Gasteiger partial charge in [-0.05, 0) is 48.5 Å². The van der Waals surface area contributed by atoms with Crippen molar-refractivity contribution in [3.05, 3.63) is 54.6 Å². The summed E-state index contributed by atoms with van der Waals surface area (Å²) < 4.78 is 17.9. The Balaban J connectivity index is 1.28. The van der Waals surface area contributed by atoms with E-state index < -0.39 is 0 Å². The molecule has 2 aromatic heterocycles. The molecule has 9 nitrogen and oxygen atoms in total. The van der Waals surface area contributed by atoms with Crippen LogP contribution in [0, 0.1) is 0 Å². The molecule has 0 radical (unpaired) electrons. The molecular formula is C22H19N5O4S. The van der Waals surface area contributed by atoms with Gasteiger partial charge in [0, 0.05) is 17.3 Å². The lowest BCUT2D eigenvalue weighted by molar-refractivity contribution is -0.113. The van der Waals surface area contributed by atoms with Crippen molar-refractivity contribution >= 4 is 29.0 Å². The van der Waals surface area contributed by atoms with Crippen LogP contribution in [0.4, 0.5) is 5.69 Å². The number of ether oxygens (including phenoxy) is 3. The number of fused-ring (bicyclic) bond motifs is 2. The number of carbonyl (C=O) groups excluding carboxylic acids is 1. The minimum Gasteiger partial charge on any atom is -0.497 e. The van der Waals surface area contributed by atoms with E-state index >= 15 is 0 Å². The van der Waals surface area contributed by atoms with E-state index in [9.17, 15) is 4.79 Å². The van der Waals surface area contributed by atoms with Crippen LogP contribution in [0.3, 0.4) is 0 Å². The van der Waals surface area contributed by atoms with Crippen LogP contribution in [-0.2, 0) is 4.79 Å². The summed E-state index contributed by atoms with van der Waals surface area (Å²) in [4.78, 5) is 12.5. The van der Waals surface area contributed by atoms with Gasteiger partial charge in [0.25, 0.3) is 0 Å². The Kier molecular flexibility index (Phi) is 5.51. The van der Waals surface area contributed by atoms with Crippen molar-refractivity contribution in [3.63, 3.8) is 0 Å². The van der Waals surface area contributed by atoms with Gasteiger partial charge >= 0.3 is 0 Å². The van der Waals surface area contributed by atoms with Gasteiger partial charge in [0.1, 0.15) is 19.0 Å². The number of nitrogens with zero attached hydrogens (tertiary/aromatic N) is 4. The van der Waals surface area contributed by atoms with Crippen LogP contribution >= 0.6 is 11.8 Å². The second-order valence-corrected chi connectivity index (χ2v) is 7.84. The first kappa shape index (κ1) is 20.1. The number of rotatable bonds is 6. The summed E-state index contributed by atoms with van der Waals surface area (Å²) >= 11 is 1.26. The quantitative estimate of drug-likeness (QED) is 0.448. The molecule has 0 saturated carbocycles. The van der Waals surface area contributed by atoms with Crippen molar-refractivity contribution in [3.8, 4) is 28.5 Å². The highest BCUT2D eigenvalue weighted by molar-refractivity contribution is 7.99. The van der Waals surface area contributed by atoms with Gasteiger partial charge in [0.05, 0.1) is 18.6 Å². The number of thioether (sulfide) groups is 1. The fraction of sp³-hybridized carbons (Fsp3) is 0.182. The van der Waals surface area contributed by atoms with Crippen molar-refractivity contribution in [1.82, 2.24) is 19.8 Å². The average Bonchev–Trinajstić information content (AvgIpc) is 3.25. The van der Waals surface area contributed by atoms with Crippen molar-refractivity contribution in [1.29, 1.82) is 0 Å². The molecule has 1 amide bonds. The van der Waals surface area contributed by atoms with E-state index in [1.54, 1.807) is 29.8 Å². The Hall–Kier alpha value is -3.79. The Labute approximate surface area is 187 Å². The number of nitrogens with one attached hydrogen (secondary N) is 1. The van der Waals surface area contributed by atoms with E-state index in [-0.39, 0.29) is 11.7 Å². The van der Waals surface area contributed by atoms with Gasteiger partial charge in [-0.15, -0.1) is 10.2 Å². The van der Waals surface area contributed by atoms with Crippen LogP contribution in [0.2, 0.25) is 0 Å². The Bertz CT molecular complexity index is 1280. The van der Waals surface area contributed by atoms with Crippen LogP contribution in [0.5, 0.6) is 17.2 Å². The van der Waals surface area contributed by atoms with Gasteiger partial charge in [-0.1, -0.05) is 11.8 Å². The first-order chi connectivity index (χ1) is 15.7. The maximum absolute atomic E-state index is 12.5. The van der Waals surface area contributed by atoms with Crippen LogP contribution in [-0.4, -0.2) is 51.8 Å². The second-order valence-electron chi connectivity index (χ2n) is 6.89. The van der Waals surface area contributed by atoms with Crippen molar-refractivity contribution in [2.24, 2.45) is 0 Å². The van der Waals surface area contributed by atoms with Crippen molar-refractivity contribution in [2.75, 3.05) is 31.4 Å². The van der Waals surface area contributed by atoms with Gasteiger partial charge in [-0.2, -0.15) is 9.61 Å². The zero-order chi connectivity index (χ0) is 21.9. The average molecular weight is 449 g/mol. The monoisotopic (exact) mass is 449 g/mol. The third-order valence-electron chi connectivity index (χ3n) is 4.78. The number of amides is 1. The van der Waals surface area contributed by atoms with E-state index in [0.29, 0.717) is 41.2 Å². The Morgan fingerprint density at radius 3 is 2.69 bits per heavy atom. The molecule has 0 fully saturated rings. The van der Waals surface area contributed by atoms with E-state index in [0.717, 1.165) is 17.0 Å². The lowest BCUT2D eigenvalue weighted by atomic mass is 10.1. The molecule has 4 aromatic rings. The number of hydrogen-bond acceptors (Lipinski definition) is 8. The summed E-state index contributed by atoms with van der Waals surface area (Å²) in [5.41, 5.74) is 2.96. The zero-order valence-electron chi connectivity index (χ0n) is 17.1. The Morgan fingerprint density at radius 2 is 1.88 bits per heavy atom. The molecular weight excluding hydrogens is 430 g/mol. The lowest BCUT2D eigenvalue weighted by Gasteiger charge is -2.18. The normalized spacial score (nSPS) is 12.5. The van der Waals surface area contributed by atoms with Gasteiger partial charge < -0.3 is 19.5 Å². The third kappa shape index (κ3) is 4.17. The first-order valence-corrected chi connectivity index (χ1v) is 10.9. The van der Waals surface area contributed by atoms with Gasteiger partial charge in [-0.3, -0.25) is 4.79 Å². The van der Waals surface area contributed by atoms with Gasteiger partial charge in [0.2, 0.25) is 11.1 Å². The van der Waals surface area contributed by atoms with E-state index in [1.807, 2.05) is 36.4 Å². The van der Waals surface area contributed by atoms with Crippen LogP contribution in [0.25, 0.3) is 16.9 Å². The van der Waals surface area contributed by atoms with Crippen LogP contribution in [0.15, 0.2) is 59.8 Å². The topological polar surface area (TPSA) is 99.9 Å². The predicted octanol–water partition coefficient (Wildman–Crippen LogP) is 3.30. The van der Waals surface area contributed by atoms with Crippen molar-refractivity contribution < 1.29 is 19.0 Å². The highest BCUT2D eigenvalue weighted by Crippen LogP contribution is 2.32. The molecule has 1 aliphatic heterocycles. The minimum absolute atomic E-state index is 0.156. The number of benzene rings is 2. The molecule has 0 unspecified atom stereocenters. The molecule has 3 heterocycles. The molecule has 0 saturated heterocycles. The number of methoxy groups -OCH3 is 1. The summed E-state index contributed by atoms with van der Waals surface area (Å²) in [6.45, 7) is 1.02. The third-order valence-corrected chi connectivity index (χ3v) is 5.70. The molecule has 0 aliphatic carbocycles. The smallest absolute Gasteiger partial charge is 0.234 e. The molecule has 2 aromatic carbocycles. The maximum atomic E-state index is 12.5. The molecule has 0 spiro atoms. The van der Waals surface area contributed by atoms with Gasteiger partial charge in [0.15, 0.2) is 17.1 Å².